The lowest BCUT2D eigenvalue weighted by Gasteiger charge is -2.35. The van der Waals surface area contributed by atoms with Gasteiger partial charge in [0, 0.05) is 44.7 Å². The first-order valence-corrected chi connectivity index (χ1v) is 9.43. The first-order valence-electron chi connectivity index (χ1n) is 9.43. The number of rotatable bonds is 3. The van der Waals surface area contributed by atoms with Crippen LogP contribution in [0.5, 0.6) is 5.75 Å². The second kappa shape index (κ2) is 7.12. The largest absolute Gasteiger partial charge is 0.493 e. The second-order valence-corrected chi connectivity index (χ2v) is 7.49. The molecule has 4 nitrogen and oxygen atoms in total. The van der Waals surface area contributed by atoms with Gasteiger partial charge in [-0.05, 0) is 43.2 Å². The lowest BCUT2D eigenvalue weighted by atomic mass is 10.1. The number of carbonyl (C=O) groups is 1. The van der Waals surface area contributed by atoms with Crippen LogP contribution in [0.3, 0.4) is 0 Å². The Hall–Kier alpha value is -2.33. The molecule has 4 rings (SSSR count). The molecule has 0 radical (unpaired) electrons. The number of benzene rings is 2. The molecule has 2 heterocycles. The summed E-state index contributed by atoms with van der Waals surface area (Å²) in [6.07, 6.45) is 1.02. The van der Waals surface area contributed by atoms with E-state index in [2.05, 4.69) is 29.2 Å². The molecule has 2 aliphatic heterocycles. The van der Waals surface area contributed by atoms with E-state index in [0.29, 0.717) is 0 Å². The topological polar surface area (TPSA) is 32.8 Å². The van der Waals surface area contributed by atoms with Crippen molar-refractivity contribution in [3.8, 4) is 5.75 Å². The van der Waals surface area contributed by atoms with E-state index < -0.39 is 0 Å². The van der Waals surface area contributed by atoms with E-state index in [0.717, 1.165) is 68.2 Å². The highest BCUT2D eigenvalue weighted by Gasteiger charge is 2.23. The smallest absolute Gasteiger partial charge is 0.253 e. The molecule has 4 heteroatoms. The summed E-state index contributed by atoms with van der Waals surface area (Å²) in [5.41, 5.74) is 5.77. The molecular formula is C22H26N2O2. The van der Waals surface area contributed by atoms with Crippen molar-refractivity contribution in [1.29, 1.82) is 0 Å². The number of fused-ring (bicyclic) bond motifs is 1. The molecule has 2 aliphatic rings. The molecule has 1 amide bonds. The highest BCUT2D eigenvalue weighted by molar-refractivity contribution is 5.94. The minimum Gasteiger partial charge on any atom is -0.493 e. The highest BCUT2D eigenvalue weighted by Crippen LogP contribution is 2.26. The van der Waals surface area contributed by atoms with E-state index in [4.69, 9.17) is 4.74 Å². The fourth-order valence-electron chi connectivity index (χ4n) is 3.99. The fraction of sp³-hybridized carbons (Fsp3) is 0.409. The van der Waals surface area contributed by atoms with Crippen LogP contribution in [0.15, 0.2) is 36.4 Å². The molecule has 0 atom stereocenters. The van der Waals surface area contributed by atoms with E-state index in [1.807, 2.05) is 30.9 Å². The molecule has 0 saturated carbocycles. The van der Waals surface area contributed by atoms with Crippen molar-refractivity contribution in [2.75, 3.05) is 32.8 Å². The number of nitrogens with zero attached hydrogens (tertiary/aromatic N) is 2. The van der Waals surface area contributed by atoms with Crippen LogP contribution in [0.1, 0.15) is 32.6 Å². The van der Waals surface area contributed by atoms with Gasteiger partial charge in [-0.1, -0.05) is 29.3 Å². The predicted molar refractivity (Wildman–Crippen MR) is 103 cm³/mol. The normalized spacial score (nSPS) is 17.1. The van der Waals surface area contributed by atoms with E-state index in [1.165, 1.54) is 11.1 Å². The molecule has 0 spiro atoms. The lowest BCUT2D eigenvalue weighted by Crippen LogP contribution is -2.48. The van der Waals surface area contributed by atoms with Gasteiger partial charge in [0.2, 0.25) is 0 Å². The Morgan fingerprint density at radius 2 is 1.73 bits per heavy atom. The number of amides is 1. The minimum atomic E-state index is 0.158. The average molecular weight is 350 g/mol. The third-order valence-corrected chi connectivity index (χ3v) is 5.29. The molecule has 1 fully saturated rings. The van der Waals surface area contributed by atoms with Crippen LogP contribution in [-0.4, -0.2) is 48.5 Å². The molecule has 136 valence electrons. The number of hydrogen-bond donors (Lipinski definition) is 0. The lowest BCUT2D eigenvalue weighted by molar-refractivity contribution is 0.0628. The van der Waals surface area contributed by atoms with Crippen molar-refractivity contribution in [2.45, 2.75) is 26.8 Å². The van der Waals surface area contributed by atoms with Crippen LogP contribution in [0.25, 0.3) is 0 Å². The Labute approximate surface area is 155 Å². The molecule has 0 aromatic heterocycles. The van der Waals surface area contributed by atoms with E-state index in [1.54, 1.807) is 0 Å². The van der Waals surface area contributed by atoms with Gasteiger partial charge in [-0.25, -0.2) is 0 Å². The molecule has 2 aromatic rings. The molecule has 26 heavy (non-hydrogen) atoms. The van der Waals surface area contributed by atoms with Gasteiger partial charge in [-0.3, -0.25) is 9.69 Å². The van der Waals surface area contributed by atoms with E-state index in [9.17, 15) is 4.79 Å². The van der Waals surface area contributed by atoms with Gasteiger partial charge in [0.05, 0.1) is 6.61 Å². The second-order valence-electron chi connectivity index (χ2n) is 7.49. The molecular weight excluding hydrogens is 324 g/mol. The van der Waals surface area contributed by atoms with Crippen molar-refractivity contribution >= 4 is 5.91 Å². The van der Waals surface area contributed by atoms with Crippen molar-refractivity contribution in [1.82, 2.24) is 9.80 Å². The summed E-state index contributed by atoms with van der Waals surface area (Å²) in [6.45, 7) is 9.26. The maximum atomic E-state index is 12.8. The Bertz CT molecular complexity index is 803. The Balaban J connectivity index is 1.36. The molecule has 0 aliphatic carbocycles. The summed E-state index contributed by atoms with van der Waals surface area (Å²) in [6, 6.07) is 12.6. The zero-order valence-corrected chi connectivity index (χ0v) is 15.6. The third kappa shape index (κ3) is 3.61. The highest BCUT2D eigenvalue weighted by atomic mass is 16.5. The molecule has 0 bridgehead atoms. The van der Waals surface area contributed by atoms with Gasteiger partial charge in [0.15, 0.2) is 0 Å². The minimum absolute atomic E-state index is 0.158. The van der Waals surface area contributed by atoms with Crippen molar-refractivity contribution < 1.29 is 9.53 Å². The van der Waals surface area contributed by atoms with Gasteiger partial charge >= 0.3 is 0 Å². The van der Waals surface area contributed by atoms with Gasteiger partial charge < -0.3 is 9.64 Å². The predicted octanol–water partition coefficient (Wildman–Crippen LogP) is 3.20. The number of carbonyl (C=O) groups excluding carboxylic acids is 1. The quantitative estimate of drug-likeness (QED) is 0.852. The SMILES string of the molecule is Cc1cc(C)cc(C(=O)N2CCN(Cc3ccc4c(c3)CCO4)CC2)c1. The van der Waals surface area contributed by atoms with Gasteiger partial charge in [-0.2, -0.15) is 0 Å². The first kappa shape index (κ1) is 17.1. The van der Waals surface area contributed by atoms with Crippen molar-refractivity contribution in [2.24, 2.45) is 0 Å². The summed E-state index contributed by atoms with van der Waals surface area (Å²) < 4.78 is 5.58. The molecule has 0 unspecified atom stereocenters. The number of aryl methyl sites for hydroxylation is 2. The van der Waals surface area contributed by atoms with Crippen LogP contribution in [0.4, 0.5) is 0 Å². The Morgan fingerprint density at radius 1 is 1.00 bits per heavy atom. The van der Waals surface area contributed by atoms with E-state index in [-0.39, 0.29) is 5.91 Å². The summed E-state index contributed by atoms with van der Waals surface area (Å²) in [4.78, 5) is 17.2. The van der Waals surface area contributed by atoms with Crippen molar-refractivity contribution in [3.05, 3.63) is 64.2 Å². The number of ether oxygens (including phenoxy) is 1. The summed E-state index contributed by atoms with van der Waals surface area (Å²) in [5, 5.41) is 0. The van der Waals surface area contributed by atoms with Crippen LogP contribution < -0.4 is 4.74 Å². The monoisotopic (exact) mass is 350 g/mol. The van der Waals surface area contributed by atoms with Gasteiger partial charge in [-0.15, -0.1) is 0 Å². The van der Waals surface area contributed by atoms with Crippen LogP contribution in [0.2, 0.25) is 0 Å². The standard InChI is InChI=1S/C22H26N2O2/c1-16-11-17(2)13-20(12-16)22(25)24-8-6-23(7-9-24)15-18-3-4-21-19(14-18)5-10-26-21/h3-4,11-14H,5-10,15H2,1-2H3. The number of hydrogen-bond acceptors (Lipinski definition) is 3. The molecule has 2 aromatic carbocycles. The van der Waals surface area contributed by atoms with Crippen molar-refractivity contribution in [3.63, 3.8) is 0 Å². The zero-order valence-electron chi connectivity index (χ0n) is 15.6. The summed E-state index contributed by atoms with van der Waals surface area (Å²) >= 11 is 0. The Kier molecular flexibility index (Phi) is 4.68. The van der Waals surface area contributed by atoms with Crippen LogP contribution in [-0.2, 0) is 13.0 Å². The maximum Gasteiger partial charge on any atom is 0.253 e. The number of piperazine rings is 1. The zero-order chi connectivity index (χ0) is 18.1. The maximum absolute atomic E-state index is 12.8. The van der Waals surface area contributed by atoms with Crippen LogP contribution in [0, 0.1) is 13.8 Å². The summed E-state index contributed by atoms with van der Waals surface area (Å²) in [7, 11) is 0. The Morgan fingerprint density at radius 3 is 2.46 bits per heavy atom. The van der Waals surface area contributed by atoms with Gasteiger partial charge in [0.25, 0.3) is 5.91 Å². The average Bonchev–Trinajstić information content (AvgIpc) is 3.09. The fourth-order valence-corrected chi connectivity index (χ4v) is 3.99. The molecule has 0 N–H and O–H groups in total. The first-order chi connectivity index (χ1) is 12.6. The summed E-state index contributed by atoms with van der Waals surface area (Å²) in [5.74, 6) is 1.20. The third-order valence-electron chi connectivity index (χ3n) is 5.29. The van der Waals surface area contributed by atoms with E-state index >= 15 is 0 Å². The van der Waals surface area contributed by atoms with Gasteiger partial charge in [0.1, 0.15) is 5.75 Å². The van der Waals surface area contributed by atoms with Crippen LogP contribution >= 0.6 is 0 Å². The molecule has 1 saturated heterocycles.